The van der Waals surface area contributed by atoms with E-state index in [2.05, 4.69) is 33.5 Å². The molecule has 0 aliphatic carbocycles. The lowest BCUT2D eigenvalue weighted by atomic mass is 10.00. The van der Waals surface area contributed by atoms with Crippen molar-refractivity contribution in [1.29, 1.82) is 0 Å². The molecule has 1 heterocycles. The maximum absolute atomic E-state index is 13.9. The normalized spacial score (nSPS) is 18.8. The van der Waals surface area contributed by atoms with Gasteiger partial charge in [0.05, 0.1) is 6.04 Å². The van der Waals surface area contributed by atoms with Gasteiger partial charge in [-0.05, 0) is 60.1 Å². The highest BCUT2D eigenvalue weighted by Crippen LogP contribution is 2.15. The van der Waals surface area contributed by atoms with Crippen molar-refractivity contribution in [2.45, 2.75) is 116 Å². The third-order valence-electron chi connectivity index (χ3n) is 9.41. The minimum atomic E-state index is -1.16. The third-order valence-corrected chi connectivity index (χ3v) is 9.41. The molecule has 0 fully saturated rings. The summed E-state index contributed by atoms with van der Waals surface area (Å²) in [6.07, 6.45) is 11.7. The summed E-state index contributed by atoms with van der Waals surface area (Å²) < 4.78 is 5.60. The molecule has 0 saturated carbocycles. The summed E-state index contributed by atoms with van der Waals surface area (Å²) in [5.74, 6) is -4.30. The van der Waals surface area contributed by atoms with E-state index in [-0.39, 0.29) is 42.6 Å². The largest absolute Gasteiger partial charge is 0.508 e. The molecule has 0 spiro atoms. The minimum Gasteiger partial charge on any atom is -0.508 e. The molecule has 57 heavy (non-hydrogen) atoms. The Morgan fingerprint density at radius 1 is 0.842 bits per heavy atom. The molecule has 14 nitrogen and oxygen atoms in total. The minimum absolute atomic E-state index is 0.0229. The van der Waals surface area contributed by atoms with Crippen molar-refractivity contribution in [3.8, 4) is 11.5 Å². The summed E-state index contributed by atoms with van der Waals surface area (Å²) in [7, 11) is 0. The fourth-order valence-corrected chi connectivity index (χ4v) is 6.07. The summed E-state index contributed by atoms with van der Waals surface area (Å²) >= 11 is 0. The topological polar surface area (TPSA) is 212 Å². The Morgan fingerprint density at radius 3 is 2.11 bits per heavy atom. The fourth-order valence-electron chi connectivity index (χ4n) is 6.07. The average Bonchev–Trinajstić information content (AvgIpc) is 3.16. The monoisotopic (exact) mass is 789 g/mol. The maximum Gasteiger partial charge on any atom is 0.329 e. The van der Waals surface area contributed by atoms with Crippen molar-refractivity contribution in [3.05, 3.63) is 84.0 Å². The zero-order valence-electron chi connectivity index (χ0n) is 33.6. The van der Waals surface area contributed by atoms with Gasteiger partial charge in [-0.1, -0.05) is 96.4 Å². The third kappa shape index (κ3) is 16.2. The smallest absolute Gasteiger partial charge is 0.329 e. The number of hydrogen-bond donors (Lipinski definition) is 7. The molecular formula is C43H59N5O9. The Balaban J connectivity index is 1.79. The first-order chi connectivity index (χ1) is 27.2. The van der Waals surface area contributed by atoms with Gasteiger partial charge in [-0.2, -0.15) is 0 Å². The number of ether oxygens (including phenoxy) is 1. The number of esters is 1. The summed E-state index contributed by atoms with van der Waals surface area (Å²) in [4.78, 5) is 80.4. The molecule has 3 rings (SSSR count). The van der Waals surface area contributed by atoms with Gasteiger partial charge in [-0.3, -0.25) is 24.0 Å². The number of aromatic hydroxyl groups is 2. The van der Waals surface area contributed by atoms with E-state index in [1.807, 2.05) is 6.08 Å². The number of carbonyl (C=O) groups excluding carboxylic acids is 6. The molecule has 310 valence electrons. The number of phenolic OH excluding ortho intramolecular Hbond substituents is 2. The van der Waals surface area contributed by atoms with E-state index in [0.29, 0.717) is 11.1 Å². The molecule has 1 aliphatic rings. The molecule has 5 amide bonds. The van der Waals surface area contributed by atoms with E-state index in [0.717, 1.165) is 38.2 Å². The molecule has 0 aromatic heterocycles. The number of allylic oxidation sites excluding steroid dienone is 1. The molecule has 2 aromatic rings. The first kappa shape index (κ1) is 45.7. The Labute approximate surface area is 335 Å². The Kier molecular flexibility index (Phi) is 18.8. The van der Waals surface area contributed by atoms with Crippen molar-refractivity contribution < 1.29 is 43.7 Å². The van der Waals surface area contributed by atoms with Crippen molar-refractivity contribution >= 4 is 35.5 Å². The van der Waals surface area contributed by atoms with Crippen LogP contribution in [0.5, 0.6) is 11.5 Å². The van der Waals surface area contributed by atoms with E-state index in [1.165, 1.54) is 30.3 Å². The van der Waals surface area contributed by atoms with Crippen molar-refractivity contribution in [2.75, 3.05) is 6.61 Å². The zero-order chi connectivity index (χ0) is 41.9. The van der Waals surface area contributed by atoms with Crippen LogP contribution in [-0.4, -0.2) is 82.5 Å². The van der Waals surface area contributed by atoms with E-state index >= 15 is 0 Å². The summed E-state index contributed by atoms with van der Waals surface area (Å²) in [5, 5.41) is 33.2. The molecule has 2 aromatic carbocycles. The van der Waals surface area contributed by atoms with Crippen LogP contribution in [-0.2, 0) is 46.3 Å². The van der Waals surface area contributed by atoms with Crippen molar-refractivity contribution in [2.24, 2.45) is 11.8 Å². The lowest BCUT2D eigenvalue weighted by Gasteiger charge is -2.28. The predicted octanol–water partition coefficient (Wildman–Crippen LogP) is 3.65. The molecule has 0 bridgehead atoms. The number of nitrogens with one attached hydrogen (secondary N) is 5. The van der Waals surface area contributed by atoms with Crippen LogP contribution in [0.25, 0.3) is 0 Å². The maximum atomic E-state index is 13.9. The highest BCUT2D eigenvalue weighted by molar-refractivity contribution is 5.95. The Hall–Kier alpha value is -5.66. The van der Waals surface area contributed by atoms with E-state index in [9.17, 15) is 39.0 Å². The second-order valence-electron chi connectivity index (χ2n) is 15.0. The predicted molar refractivity (Wildman–Crippen MR) is 216 cm³/mol. The Bertz CT molecular complexity index is 1710. The lowest BCUT2D eigenvalue weighted by molar-refractivity contribution is -0.149. The number of amides is 5. The first-order valence-corrected chi connectivity index (χ1v) is 19.7. The number of hydrogen-bond acceptors (Lipinski definition) is 9. The second kappa shape index (κ2) is 23.4. The van der Waals surface area contributed by atoms with Crippen LogP contribution < -0.4 is 26.6 Å². The van der Waals surface area contributed by atoms with Gasteiger partial charge < -0.3 is 41.5 Å². The lowest BCUT2D eigenvalue weighted by Crippen LogP contribution is -2.57. The SMILES string of the molecule is CCCCCCC=CCC(=O)NC(Cc1ccc(O)cc1)C(=O)NC(C(=O)NC1C=CC(=O)NC(C(C)C)C(=O)NC(Cc2ccc(O)cc2)C(=O)OC1)C(C)C. The van der Waals surface area contributed by atoms with Gasteiger partial charge in [0, 0.05) is 25.3 Å². The van der Waals surface area contributed by atoms with Gasteiger partial charge in [0.25, 0.3) is 0 Å². The van der Waals surface area contributed by atoms with Crippen molar-refractivity contribution in [1.82, 2.24) is 26.6 Å². The quantitative estimate of drug-likeness (QED) is 0.0667. The second-order valence-corrected chi connectivity index (χ2v) is 15.0. The fraction of sp³-hybridized carbons (Fsp3) is 0.488. The van der Waals surface area contributed by atoms with E-state index < -0.39 is 72.3 Å². The van der Waals surface area contributed by atoms with Gasteiger partial charge in [-0.15, -0.1) is 0 Å². The van der Waals surface area contributed by atoms with Gasteiger partial charge in [-0.25, -0.2) is 4.79 Å². The summed E-state index contributed by atoms with van der Waals surface area (Å²) in [6, 6.07) is 7.01. The van der Waals surface area contributed by atoms with Gasteiger partial charge in [0.15, 0.2) is 0 Å². The van der Waals surface area contributed by atoms with Crippen LogP contribution >= 0.6 is 0 Å². The average molecular weight is 790 g/mol. The molecule has 7 N–H and O–H groups in total. The number of carbonyl (C=O) groups is 6. The first-order valence-electron chi connectivity index (χ1n) is 19.7. The highest BCUT2D eigenvalue weighted by atomic mass is 16.5. The van der Waals surface area contributed by atoms with E-state index in [4.69, 9.17) is 4.74 Å². The number of cyclic esters (lactones) is 1. The van der Waals surface area contributed by atoms with E-state index in [1.54, 1.807) is 58.0 Å². The van der Waals surface area contributed by atoms with Crippen LogP contribution in [0.1, 0.15) is 84.3 Å². The van der Waals surface area contributed by atoms with Crippen LogP contribution in [0, 0.1) is 11.8 Å². The number of rotatable bonds is 18. The van der Waals surface area contributed by atoms with Gasteiger partial charge in [0.2, 0.25) is 29.5 Å². The summed E-state index contributed by atoms with van der Waals surface area (Å²) in [5.41, 5.74) is 1.30. The number of unbranched alkanes of at least 4 members (excludes halogenated alkanes) is 4. The Morgan fingerprint density at radius 2 is 1.49 bits per heavy atom. The highest BCUT2D eigenvalue weighted by Gasteiger charge is 2.33. The summed E-state index contributed by atoms with van der Waals surface area (Å²) in [6.45, 7) is 8.68. The van der Waals surface area contributed by atoms with Crippen LogP contribution in [0.4, 0.5) is 0 Å². The van der Waals surface area contributed by atoms with Crippen LogP contribution in [0.3, 0.4) is 0 Å². The van der Waals surface area contributed by atoms with Crippen molar-refractivity contribution in [3.63, 3.8) is 0 Å². The van der Waals surface area contributed by atoms with Gasteiger partial charge >= 0.3 is 5.97 Å². The zero-order valence-corrected chi connectivity index (χ0v) is 33.6. The van der Waals surface area contributed by atoms with Crippen LogP contribution in [0.2, 0.25) is 0 Å². The molecule has 5 atom stereocenters. The molecule has 5 unspecified atom stereocenters. The van der Waals surface area contributed by atoms with Crippen LogP contribution in [0.15, 0.2) is 72.8 Å². The molecule has 0 radical (unpaired) electrons. The molecule has 14 heteroatoms. The molecule has 0 saturated heterocycles. The molecule has 1 aliphatic heterocycles. The standard InChI is InChI=1S/C43H59N5O9/c1-6-7-8-9-10-11-12-13-36(51)45-34(24-29-14-19-32(49)20-15-29)40(53)48-39(28(4)5)41(54)44-31-18-23-37(52)47-38(27(2)3)42(55)46-35(43(56)57-26-31)25-30-16-21-33(50)22-17-30/h11-12,14-23,27-28,31,34-35,38-39,49-50H,6-10,13,24-26H2,1-5H3,(H,44,54)(H,45,51)(H,46,55)(H,47,52)(H,48,53). The van der Waals surface area contributed by atoms with Gasteiger partial charge in [0.1, 0.15) is 42.3 Å². The number of phenols is 2. The number of benzene rings is 2. The molecular weight excluding hydrogens is 730 g/mol.